The van der Waals surface area contributed by atoms with Crippen LogP contribution in [0.3, 0.4) is 0 Å². The molecule has 0 saturated carbocycles. The summed E-state index contributed by atoms with van der Waals surface area (Å²) in [6.45, 7) is 8.16. The molecule has 39 heavy (non-hydrogen) atoms. The van der Waals surface area contributed by atoms with E-state index in [1.807, 2.05) is 74.7 Å². The second kappa shape index (κ2) is 8.34. The van der Waals surface area contributed by atoms with Crippen LogP contribution in [0.25, 0.3) is 0 Å². The minimum atomic E-state index is -0.858. The molecular formula is C35H30N2O2. The van der Waals surface area contributed by atoms with E-state index in [4.69, 9.17) is 4.99 Å². The Morgan fingerprint density at radius 3 is 2.08 bits per heavy atom. The zero-order chi connectivity index (χ0) is 27.1. The molecule has 0 spiro atoms. The van der Waals surface area contributed by atoms with Gasteiger partial charge in [-0.25, -0.2) is 4.90 Å². The summed E-state index contributed by atoms with van der Waals surface area (Å²) in [4.78, 5) is 35.5. The van der Waals surface area contributed by atoms with Crippen molar-refractivity contribution in [3.63, 3.8) is 0 Å². The summed E-state index contributed by atoms with van der Waals surface area (Å²) in [6, 6.07) is 28.7. The molecule has 2 atom stereocenters. The normalized spacial score (nSPS) is 24.7. The lowest BCUT2D eigenvalue weighted by molar-refractivity contribution is -0.122. The Hall–Kier alpha value is -4.31. The number of amides is 2. The molecule has 0 radical (unpaired) electrons. The maximum atomic E-state index is 14.6. The number of hydrogen-bond acceptors (Lipinski definition) is 3. The van der Waals surface area contributed by atoms with Crippen molar-refractivity contribution in [1.29, 1.82) is 0 Å². The zero-order valence-corrected chi connectivity index (χ0v) is 22.6. The van der Waals surface area contributed by atoms with Gasteiger partial charge in [-0.1, -0.05) is 78.4 Å². The van der Waals surface area contributed by atoms with Crippen molar-refractivity contribution in [1.82, 2.24) is 0 Å². The van der Waals surface area contributed by atoms with E-state index in [0.717, 1.165) is 44.6 Å². The minimum absolute atomic E-state index is 0.115. The number of hydrogen-bond donors (Lipinski definition) is 0. The molecule has 0 N–H and O–H groups in total. The van der Waals surface area contributed by atoms with Crippen molar-refractivity contribution in [2.75, 3.05) is 4.90 Å². The van der Waals surface area contributed by atoms with Crippen LogP contribution >= 0.6 is 0 Å². The van der Waals surface area contributed by atoms with E-state index >= 15 is 0 Å². The number of benzene rings is 4. The fraction of sp³-hybridized carbons (Fsp3) is 0.229. The van der Waals surface area contributed by atoms with E-state index in [0.29, 0.717) is 5.69 Å². The molecule has 4 heteroatoms. The van der Waals surface area contributed by atoms with E-state index in [1.165, 1.54) is 10.5 Å². The van der Waals surface area contributed by atoms with Gasteiger partial charge in [0, 0.05) is 12.1 Å². The van der Waals surface area contributed by atoms with Crippen LogP contribution in [0.1, 0.15) is 50.4 Å². The smallest absolute Gasteiger partial charge is 0.239 e. The molecule has 1 heterocycles. The van der Waals surface area contributed by atoms with Gasteiger partial charge >= 0.3 is 0 Å². The van der Waals surface area contributed by atoms with Crippen LogP contribution in [-0.2, 0) is 15.0 Å². The first kappa shape index (κ1) is 23.8. The summed E-state index contributed by atoms with van der Waals surface area (Å²) in [5.74, 6) is -1.50. The summed E-state index contributed by atoms with van der Waals surface area (Å²) in [6.07, 6.45) is 1.98. The number of rotatable bonds is 3. The molecule has 1 fully saturated rings. The summed E-state index contributed by atoms with van der Waals surface area (Å²) < 4.78 is 0. The molecule has 0 unspecified atom stereocenters. The van der Waals surface area contributed by atoms with Crippen LogP contribution in [0, 0.1) is 39.5 Å². The van der Waals surface area contributed by atoms with Crippen molar-refractivity contribution in [3.8, 4) is 0 Å². The lowest BCUT2D eigenvalue weighted by Crippen LogP contribution is -2.54. The molecule has 3 aliphatic carbocycles. The predicted octanol–water partition coefficient (Wildman–Crippen LogP) is 6.87. The minimum Gasteiger partial charge on any atom is -0.274 e. The van der Waals surface area contributed by atoms with Crippen molar-refractivity contribution >= 4 is 29.4 Å². The first-order chi connectivity index (χ1) is 18.8. The van der Waals surface area contributed by atoms with Gasteiger partial charge in [0.1, 0.15) is 0 Å². The van der Waals surface area contributed by atoms with Crippen molar-refractivity contribution in [2.45, 2.75) is 39.0 Å². The average Bonchev–Trinajstić information content (AvgIpc) is 3.20. The maximum absolute atomic E-state index is 14.6. The first-order valence-corrected chi connectivity index (χ1v) is 13.6. The molecule has 2 bridgehead atoms. The topological polar surface area (TPSA) is 49.7 Å². The summed E-state index contributed by atoms with van der Waals surface area (Å²) in [5, 5.41) is 0. The number of carbonyl (C=O) groups is 2. The van der Waals surface area contributed by atoms with Crippen LogP contribution in [0.15, 0.2) is 89.9 Å². The molecule has 4 aromatic rings. The molecule has 0 aromatic heterocycles. The molecule has 4 nitrogen and oxygen atoms in total. The highest BCUT2D eigenvalue weighted by Gasteiger charge is 2.68. The highest BCUT2D eigenvalue weighted by molar-refractivity contribution is 6.25. The average molecular weight is 511 g/mol. The molecular weight excluding hydrogens is 480 g/mol. The van der Waals surface area contributed by atoms with Gasteiger partial charge in [-0.3, -0.25) is 14.6 Å². The Morgan fingerprint density at radius 1 is 0.744 bits per heavy atom. The Kier molecular flexibility index (Phi) is 5.09. The summed E-state index contributed by atoms with van der Waals surface area (Å²) >= 11 is 0. The molecule has 4 aliphatic rings. The Balaban J connectivity index is 1.51. The van der Waals surface area contributed by atoms with Gasteiger partial charge in [0.2, 0.25) is 11.8 Å². The largest absolute Gasteiger partial charge is 0.274 e. The van der Waals surface area contributed by atoms with E-state index in [1.54, 1.807) is 0 Å². The van der Waals surface area contributed by atoms with E-state index < -0.39 is 17.3 Å². The third kappa shape index (κ3) is 3.09. The molecule has 8 rings (SSSR count). The van der Waals surface area contributed by atoms with Gasteiger partial charge in [0.15, 0.2) is 0 Å². The lowest BCUT2D eigenvalue weighted by Gasteiger charge is -2.52. The number of carbonyl (C=O) groups excluding carboxylic acids is 2. The van der Waals surface area contributed by atoms with Gasteiger partial charge in [-0.2, -0.15) is 0 Å². The zero-order valence-electron chi connectivity index (χ0n) is 22.6. The Labute approximate surface area is 229 Å². The van der Waals surface area contributed by atoms with E-state index in [9.17, 15) is 9.59 Å². The fourth-order valence-corrected chi connectivity index (χ4v) is 7.39. The van der Waals surface area contributed by atoms with Crippen molar-refractivity contribution in [2.24, 2.45) is 16.8 Å². The monoisotopic (exact) mass is 510 g/mol. The number of aliphatic imine (C=N–C) groups is 1. The van der Waals surface area contributed by atoms with E-state index in [2.05, 4.69) is 44.2 Å². The van der Waals surface area contributed by atoms with Crippen LogP contribution in [-0.4, -0.2) is 18.0 Å². The quantitative estimate of drug-likeness (QED) is 0.223. The van der Waals surface area contributed by atoms with Crippen LogP contribution < -0.4 is 4.90 Å². The van der Waals surface area contributed by atoms with Crippen molar-refractivity contribution < 1.29 is 9.59 Å². The Bertz CT molecular complexity index is 1690. The highest BCUT2D eigenvalue weighted by atomic mass is 16.2. The molecule has 4 aromatic carbocycles. The van der Waals surface area contributed by atoms with Gasteiger partial charge in [-0.05, 0) is 78.8 Å². The maximum Gasteiger partial charge on any atom is 0.239 e. The van der Waals surface area contributed by atoms with Gasteiger partial charge < -0.3 is 0 Å². The summed E-state index contributed by atoms with van der Waals surface area (Å²) in [5.41, 5.74) is 9.40. The SMILES string of the molecule is Cc1ccc(N2C(=O)[C@@H]3C4c5ccccc5C(C=Nc5cccc(C)c5C)(c5ccccc54)[C@H]3C2=O)c(C)c1. The predicted molar refractivity (Wildman–Crippen MR) is 155 cm³/mol. The van der Waals surface area contributed by atoms with Gasteiger partial charge in [0.05, 0.1) is 28.6 Å². The van der Waals surface area contributed by atoms with Gasteiger partial charge in [0.25, 0.3) is 0 Å². The van der Waals surface area contributed by atoms with Gasteiger partial charge in [-0.15, -0.1) is 0 Å². The molecule has 1 saturated heterocycles. The Morgan fingerprint density at radius 2 is 1.41 bits per heavy atom. The highest BCUT2D eigenvalue weighted by Crippen LogP contribution is 2.63. The van der Waals surface area contributed by atoms with Crippen LogP contribution in [0.2, 0.25) is 0 Å². The number of anilines is 1. The molecule has 2 amide bonds. The van der Waals surface area contributed by atoms with Crippen LogP contribution in [0.5, 0.6) is 0 Å². The number of nitrogens with zero attached hydrogens (tertiary/aromatic N) is 2. The first-order valence-electron chi connectivity index (χ1n) is 13.6. The molecule has 1 aliphatic heterocycles. The van der Waals surface area contributed by atoms with Crippen molar-refractivity contribution in [3.05, 3.63) is 129 Å². The third-order valence-corrected chi connectivity index (χ3v) is 9.26. The number of imide groups is 1. The lowest BCUT2D eigenvalue weighted by atomic mass is 9.47. The molecule has 192 valence electrons. The van der Waals surface area contributed by atoms with Crippen LogP contribution in [0.4, 0.5) is 11.4 Å². The standard InChI is InChI=1S/C35H30N2O2/c1-20-16-17-29(22(3)18-20)37-33(38)31-30-24-11-5-7-13-26(24)35(32(31)34(37)39,27-14-8-6-12-25(27)30)19-36-28-15-9-10-21(2)23(28)4/h5-19,30-32H,1-4H3/t30?,31-,32-,35?/m1/s1. The summed E-state index contributed by atoms with van der Waals surface area (Å²) in [7, 11) is 0. The fourth-order valence-electron chi connectivity index (χ4n) is 7.39. The number of aryl methyl sites for hydroxylation is 3. The third-order valence-electron chi connectivity index (χ3n) is 9.26. The van der Waals surface area contributed by atoms with E-state index in [-0.39, 0.29) is 17.7 Å². The second-order valence-electron chi connectivity index (χ2n) is 11.3. The second-order valence-corrected chi connectivity index (χ2v) is 11.3.